The van der Waals surface area contributed by atoms with Crippen LogP contribution < -0.4 is 0 Å². The molecule has 3 heteroatoms. The summed E-state index contributed by atoms with van der Waals surface area (Å²) in [6.45, 7) is 0. The molecule has 0 aromatic heterocycles. The van der Waals surface area contributed by atoms with Gasteiger partial charge in [-0.1, -0.05) is 5.02 Å². The van der Waals surface area contributed by atoms with E-state index in [9.17, 15) is 0 Å². The normalized spacial score (nSPS) is 7.56. The van der Waals surface area contributed by atoms with E-state index in [2.05, 4.69) is 19.7 Å². The van der Waals surface area contributed by atoms with E-state index >= 15 is 0 Å². The Balaban J connectivity index is 0.000000291. The zero-order valence-electron chi connectivity index (χ0n) is 4.77. The van der Waals surface area contributed by atoms with Crippen molar-refractivity contribution in [2.45, 2.75) is 0 Å². The molecule has 0 heterocycles. The van der Waals surface area contributed by atoms with Crippen LogP contribution in [0.3, 0.4) is 0 Å². The first-order valence-electron chi connectivity index (χ1n) is 2.28. The SMILES string of the molecule is Clc1[c-]cccc1.[Zn+][Br]. The number of benzene rings is 1. The quantitative estimate of drug-likeness (QED) is 0.495. The monoisotopic (exact) mass is 254 g/mol. The number of hydrogen-bond acceptors (Lipinski definition) is 0. The molecule has 9 heavy (non-hydrogen) atoms. The molecule has 0 amide bonds. The second-order valence-corrected chi connectivity index (χ2v) is 1.62. The van der Waals surface area contributed by atoms with E-state index in [4.69, 9.17) is 11.6 Å². The topological polar surface area (TPSA) is 0 Å². The molecule has 0 atom stereocenters. The van der Waals surface area contributed by atoms with Gasteiger partial charge in [-0.05, 0) is 0 Å². The Morgan fingerprint density at radius 3 is 2.33 bits per heavy atom. The molecule has 0 N–H and O–H groups in total. The van der Waals surface area contributed by atoms with Crippen molar-refractivity contribution in [1.82, 2.24) is 0 Å². The van der Waals surface area contributed by atoms with Gasteiger partial charge in [-0.2, -0.15) is 30.3 Å². The molecule has 0 saturated carbocycles. The van der Waals surface area contributed by atoms with Crippen molar-refractivity contribution < 1.29 is 16.3 Å². The summed E-state index contributed by atoms with van der Waals surface area (Å²) >= 11 is 9.73. The molecule has 0 nitrogen and oxygen atoms in total. The van der Waals surface area contributed by atoms with Crippen LogP contribution in [-0.4, -0.2) is 0 Å². The van der Waals surface area contributed by atoms with Crippen LogP contribution in [0.1, 0.15) is 0 Å². The third kappa shape index (κ3) is 5.08. The van der Waals surface area contributed by atoms with Gasteiger partial charge < -0.3 is 0 Å². The fourth-order valence-corrected chi connectivity index (χ4v) is 0.507. The van der Waals surface area contributed by atoms with E-state index in [1.165, 1.54) is 16.3 Å². The standard InChI is InChI=1S/C6H4Cl.BrH.Zn/c7-6-4-2-1-3-5-6;;/h1-4H;1H;/q-1;;+2/p-1. The average molecular weight is 257 g/mol. The molecule has 1 rings (SSSR count). The molecule has 0 aliphatic carbocycles. The van der Waals surface area contributed by atoms with Crippen LogP contribution in [0.2, 0.25) is 5.02 Å². The van der Waals surface area contributed by atoms with Crippen molar-refractivity contribution in [1.29, 1.82) is 0 Å². The third-order valence-corrected chi connectivity index (χ3v) is 0.906. The summed E-state index contributed by atoms with van der Waals surface area (Å²) in [6, 6.07) is 10.1. The molecule has 0 aliphatic rings. The molecule has 1 aromatic carbocycles. The van der Waals surface area contributed by atoms with Gasteiger partial charge in [0.15, 0.2) is 0 Å². The third-order valence-electron chi connectivity index (χ3n) is 0.671. The fraction of sp³-hybridized carbons (Fsp3) is 0. The maximum absolute atomic E-state index is 5.48. The van der Waals surface area contributed by atoms with E-state index in [-0.39, 0.29) is 0 Å². The van der Waals surface area contributed by atoms with Gasteiger partial charge >= 0.3 is 30.0 Å². The Hall–Kier alpha value is 0.613. The molecule has 0 saturated heterocycles. The van der Waals surface area contributed by atoms with E-state index in [1.807, 2.05) is 12.1 Å². The molecule has 0 bridgehead atoms. The van der Waals surface area contributed by atoms with Crippen LogP contribution in [-0.2, 0) is 16.3 Å². The summed E-state index contributed by atoms with van der Waals surface area (Å²) in [7, 11) is 0. The van der Waals surface area contributed by atoms with Gasteiger partial charge in [0.25, 0.3) is 0 Å². The Morgan fingerprint density at radius 1 is 1.44 bits per heavy atom. The van der Waals surface area contributed by atoms with Gasteiger partial charge in [0.1, 0.15) is 0 Å². The summed E-state index contributed by atoms with van der Waals surface area (Å²) in [5.41, 5.74) is 0. The van der Waals surface area contributed by atoms with E-state index in [0.717, 1.165) is 0 Å². The summed E-state index contributed by atoms with van der Waals surface area (Å²) < 4.78 is 0. The molecular formula is C6H4BrClZn. The van der Waals surface area contributed by atoms with E-state index in [1.54, 1.807) is 12.1 Å². The van der Waals surface area contributed by atoms with Crippen LogP contribution in [0.15, 0.2) is 24.3 Å². The van der Waals surface area contributed by atoms with Crippen molar-refractivity contribution in [2.24, 2.45) is 0 Å². The molecule has 0 aliphatic heterocycles. The Morgan fingerprint density at radius 2 is 2.11 bits per heavy atom. The van der Waals surface area contributed by atoms with Crippen LogP contribution >= 0.6 is 25.2 Å². The van der Waals surface area contributed by atoms with Crippen molar-refractivity contribution >= 4 is 25.2 Å². The fourth-order valence-electron chi connectivity index (χ4n) is 0.371. The first-order chi connectivity index (χ1) is 4.39. The van der Waals surface area contributed by atoms with Gasteiger partial charge in [0, 0.05) is 0 Å². The average Bonchev–Trinajstić information content (AvgIpc) is 1.94. The zero-order chi connectivity index (χ0) is 7.11. The van der Waals surface area contributed by atoms with Gasteiger partial charge in [-0.3, -0.25) is 0 Å². The number of halogens is 2. The second-order valence-electron chi connectivity index (χ2n) is 1.21. The molecule has 0 fully saturated rings. The zero-order valence-corrected chi connectivity index (χ0v) is 10.1. The molecule has 0 radical (unpaired) electrons. The summed E-state index contributed by atoms with van der Waals surface area (Å²) in [4.78, 5) is 0. The van der Waals surface area contributed by atoms with Crippen molar-refractivity contribution in [3.05, 3.63) is 35.4 Å². The number of rotatable bonds is 0. The summed E-state index contributed by atoms with van der Waals surface area (Å²) in [5.74, 6) is 0. The minimum atomic E-state index is 0.669. The van der Waals surface area contributed by atoms with Crippen LogP contribution in [0.5, 0.6) is 0 Å². The molecule has 0 spiro atoms. The van der Waals surface area contributed by atoms with Gasteiger partial charge in [0.2, 0.25) is 0 Å². The van der Waals surface area contributed by atoms with Gasteiger partial charge in [-0.25, -0.2) is 0 Å². The Labute approximate surface area is 76.6 Å². The van der Waals surface area contributed by atoms with Crippen molar-refractivity contribution in [2.75, 3.05) is 0 Å². The van der Waals surface area contributed by atoms with Gasteiger partial charge in [0.05, 0.1) is 0 Å². The van der Waals surface area contributed by atoms with E-state index < -0.39 is 0 Å². The minimum absolute atomic E-state index is 0.669. The van der Waals surface area contributed by atoms with Crippen LogP contribution in [0.4, 0.5) is 0 Å². The molecular weight excluding hydrogens is 253 g/mol. The molecule has 1 aromatic rings. The Kier molecular flexibility index (Phi) is 7.19. The molecule has 0 unspecified atom stereocenters. The number of hydrogen-bond donors (Lipinski definition) is 0. The Bertz CT molecular complexity index is 143. The van der Waals surface area contributed by atoms with Crippen LogP contribution in [0.25, 0.3) is 0 Å². The summed E-state index contributed by atoms with van der Waals surface area (Å²) in [6.07, 6.45) is 0. The van der Waals surface area contributed by atoms with E-state index in [0.29, 0.717) is 5.02 Å². The summed E-state index contributed by atoms with van der Waals surface area (Å²) in [5, 5.41) is 0.669. The molecule has 44 valence electrons. The maximum atomic E-state index is 5.48. The van der Waals surface area contributed by atoms with Crippen molar-refractivity contribution in [3.8, 4) is 0 Å². The second kappa shape index (κ2) is 6.73. The van der Waals surface area contributed by atoms with Gasteiger partial charge in [-0.15, -0.1) is 11.6 Å². The first-order valence-corrected chi connectivity index (χ1v) is 9.61. The predicted octanol–water partition coefficient (Wildman–Crippen LogP) is 2.98. The first kappa shape index (κ1) is 9.61. The van der Waals surface area contributed by atoms with Crippen LogP contribution in [0, 0.1) is 6.07 Å². The predicted molar refractivity (Wildman–Crippen MR) is 39.2 cm³/mol. The van der Waals surface area contributed by atoms with Crippen molar-refractivity contribution in [3.63, 3.8) is 0 Å².